The van der Waals surface area contributed by atoms with Crippen LogP contribution in [0.15, 0.2) is 30.3 Å². The largest absolute Gasteiger partial charge is 0.433 e. The van der Waals surface area contributed by atoms with Gasteiger partial charge in [0.15, 0.2) is 5.65 Å². The first-order chi connectivity index (χ1) is 11.5. The summed E-state index contributed by atoms with van der Waals surface area (Å²) in [7, 11) is 0. The third kappa shape index (κ3) is 2.99. The van der Waals surface area contributed by atoms with Crippen molar-refractivity contribution in [1.82, 2.24) is 14.8 Å². The fraction of sp³-hybridized carbons (Fsp3) is 0.200. The average molecular weight is 360 g/mol. The third-order valence-electron chi connectivity index (χ3n) is 3.55. The maximum atomic E-state index is 13.2. The predicted octanol–water partition coefficient (Wildman–Crippen LogP) is 4.35. The zero-order valence-electron chi connectivity index (χ0n) is 12.6. The van der Waals surface area contributed by atoms with Crippen molar-refractivity contribution < 1.29 is 26.3 Å². The highest BCUT2D eigenvalue weighted by molar-refractivity contribution is 5.91. The predicted molar refractivity (Wildman–Crippen MR) is 78.0 cm³/mol. The maximum Gasteiger partial charge on any atom is 0.433 e. The zero-order chi connectivity index (χ0) is 18.6. The standard InChI is InChI=1S/C15H10F6N4/c1-7-2-4-8(5-3-7)25-12(22)11-9(14(16,17)18)6-10(15(19,20)21)23-13(11)24-25/h2-6H,22H2,1H3. The van der Waals surface area contributed by atoms with Gasteiger partial charge in [0.1, 0.15) is 11.5 Å². The number of aromatic nitrogens is 3. The Bertz CT molecular complexity index is 938. The van der Waals surface area contributed by atoms with Gasteiger partial charge in [-0.3, -0.25) is 0 Å². The number of fused-ring (bicyclic) bond motifs is 1. The van der Waals surface area contributed by atoms with E-state index in [1.54, 1.807) is 19.1 Å². The minimum absolute atomic E-state index is 0.0557. The Morgan fingerprint density at radius 3 is 2.08 bits per heavy atom. The van der Waals surface area contributed by atoms with E-state index >= 15 is 0 Å². The minimum atomic E-state index is -5.05. The highest BCUT2D eigenvalue weighted by Crippen LogP contribution is 2.40. The molecule has 3 rings (SSSR count). The summed E-state index contributed by atoms with van der Waals surface area (Å²) in [5, 5.41) is 3.08. The summed E-state index contributed by atoms with van der Waals surface area (Å²) in [4.78, 5) is 3.21. The first kappa shape index (κ1) is 17.1. The summed E-state index contributed by atoms with van der Waals surface area (Å²) < 4.78 is 79.3. The highest BCUT2D eigenvalue weighted by atomic mass is 19.4. The van der Waals surface area contributed by atoms with Crippen molar-refractivity contribution in [1.29, 1.82) is 0 Å². The van der Waals surface area contributed by atoms with E-state index in [0.29, 0.717) is 5.69 Å². The fourth-order valence-electron chi connectivity index (χ4n) is 2.36. The molecule has 0 radical (unpaired) electrons. The monoisotopic (exact) mass is 360 g/mol. The lowest BCUT2D eigenvalue weighted by Gasteiger charge is -2.12. The molecule has 0 spiro atoms. The van der Waals surface area contributed by atoms with Crippen LogP contribution in [-0.4, -0.2) is 14.8 Å². The Labute approximate surface area is 136 Å². The van der Waals surface area contributed by atoms with Gasteiger partial charge in [-0.1, -0.05) is 17.7 Å². The average Bonchev–Trinajstić information content (AvgIpc) is 2.82. The number of alkyl halides is 6. The summed E-state index contributed by atoms with van der Waals surface area (Å²) in [5.41, 5.74) is 3.01. The molecule has 0 aliphatic carbocycles. The topological polar surface area (TPSA) is 56.7 Å². The quantitative estimate of drug-likeness (QED) is 0.657. The molecule has 132 valence electrons. The molecule has 3 aromatic rings. The molecule has 2 heterocycles. The van der Waals surface area contributed by atoms with Crippen LogP contribution in [0.25, 0.3) is 16.7 Å². The first-order valence-electron chi connectivity index (χ1n) is 6.89. The van der Waals surface area contributed by atoms with Crippen molar-refractivity contribution in [3.63, 3.8) is 0 Å². The molecule has 25 heavy (non-hydrogen) atoms. The third-order valence-corrected chi connectivity index (χ3v) is 3.55. The lowest BCUT2D eigenvalue weighted by molar-refractivity contribution is -0.144. The van der Waals surface area contributed by atoms with E-state index in [1.807, 2.05) is 0 Å². The molecule has 0 amide bonds. The van der Waals surface area contributed by atoms with Crippen molar-refractivity contribution in [3.8, 4) is 5.69 Å². The molecule has 0 aliphatic rings. The van der Waals surface area contributed by atoms with Crippen molar-refractivity contribution in [2.75, 3.05) is 5.73 Å². The van der Waals surface area contributed by atoms with Gasteiger partial charge in [0.05, 0.1) is 16.6 Å². The Morgan fingerprint density at radius 1 is 0.960 bits per heavy atom. The van der Waals surface area contributed by atoms with E-state index in [1.165, 1.54) is 12.1 Å². The molecule has 0 unspecified atom stereocenters. The van der Waals surface area contributed by atoms with E-state index < -0.39 is 40.5 Å². The van der Waals surface area contributed by atoms with Gasteiger partial charge in [-0.25, -0.2) is 9.67 Å². The number of aryl methyl sites for hydroxylation is 1. The molecule has 0 fully saturated rings. The number of halogens is 6. The number of anilines is 1. The smallest absolute Gasteiger partial charge is 0.383 e. The summed E-state index contributed by atoms with van der Waals surface area (Å²) >= 11 is 0. The van der Waals surface area contributed by atoms with Crippen molar-refractivity contribution in [3.05, 3.63) is 47.2 Å². The van der Waals surface area contributed by atoms with Crippen LogP contribution in [0.4, 0.5) is 32.2 Å². The molecule has 0 saturated heterocycles. The van der Waals surface area contributed by atoms with Gasteiger partial charge >= 0.3 is 12.4 Å². The van der Waals surface area contributed by atoms with Crippen LogP contribution in [0.1, 0.15) is 16.8 Å². The second-order valence-corrected chi connectivity index (χ2v) is 5.38. The Morgan fingerprint density at radius 2 is 1.56 bits per heavy atom. The van der Waals surface area contributed by atoms with Gasteiger partial charge in [0.2, 0.25) is 0 Å². The van der Waals surface area contributed by atoms with Gasteiger partial charge in [-0.2, -0.15) is 26.3 Å². The summed E-state index contributed by atoms with van der Waals surface area (Å²) in [5.74, 6) is -0.438. The number of pyridine rings is 1. The van der Waals surface area contributed by atoms with E-state index in [9.17, 15) is 26.3 Å². The van der Waals surface area contributed by atoms with Crippen LogP contribution in [-0.2, 0) is 12.4 Å². The molecule has 2 N–H and O–H groups in total. The lowest BCUT2D eigenvalue weighted by atomic mass is 10.1. The summed E-state index contributed by atoms with van der Waals surface area (Å²) in [6.45, 7) is 1.80. The Balaban J connectivity index is 2.34. The van der Waals surface area contributed by atoms with Gasteiger partial charge < -0.3 is 5.73 Å². The molecule has 2 aromatic heterocycles. The zero-order valence-corrected chi connectivity index (χ0v) is 12.6. The molecule has 0 aliphatic heterocycles. The van der Waals surface area contributed by atoms with Crippen LogP contribution in [0.3, 0.4) is 0 Å². The van der Waals surface area contributed by atoms with Gasteiger partial charge in [-0.05, 0) is 25.1 Å². The number of benzene rings is 1. The minimum Gasteiger partial charge on any atom is -0.383 e. The van der Waals surface area contributed by atoms with Crippen LogP contribution in [0.5, 0.6) is 0 Å². The molecule has 4 nitrogen and oxygen atoms in total. The van der Waals surface area contributed by atoms with E-state index in [2.05, 4.69) is 10.1 Å². The maximum absolute atomic E-state index is 13.2. The number of nitrogen functional groups attached to an aromatic ring is 1. The normalized spacial score (nSPS) is 12.8. The Kier molecular flexibility index (Phi) is 3.66. The van der Waals surface area contributed by atoms with Crippen LogP contribution < -0.4 is 5.73 Å². The molecule has 0 bridgehead atoms. The van der Waals surface area contributed by atoms with Gasteiger partial charge in [-0.15, -0.1) is 5.10 Å². The SMILES string of the molecule is Cc1ccc(-n2nc3nc(C(F)(F)F)cc(C(F)(F)F)c3c2N)cc1. The van der Waals surface area contributed by atoms with Crippen LogP contribution in [0.2, 0.25) is 0 Å². The van der Waals surface area contributed by atoms with E-state index in [-0.39, 0.29) is 6.07 Å². The van der Waals surface area contributed by atoms with E-state index in [4.69, 9.17) is 5.73 Å². The Hall–Kier alpha value is -2.78. The number of hydrogen-bond acceptors (Lipinski definition) is 3. The molecular weight excluding hydrogens is 350 g/mol. The van der Waals surface area contributed by atoms with Gasteiger partial charge in [0, 0.05) is 0 Å². The van der Waals surface area contributed by atoms with Crippen molar-refractivity contribution in [2.45, 2.75) is 19.3 Å². The van der Waals surface area contributed by atoms with Gasteiger partial charge in [0.25, 0.3) is 0 Å². The second-order valence-electron chi connectivity index (χ2n) is 5.38. The number of nitrogens with two attached hydrogens (primary N) is 1. The number of rotatable bonds is 1. The summed E-state index contributed by atoms with van der Waals surface area (Å²) in [6.07, 6.45) is -10.1. The molecular formula is C15H10F6N4. The van der Waals surface area contributed by atoms with Crippen LogP contribution in [0, 0.1) is 6.92 Å². The van der Waals surface area contributed by atoms with Crippen LogP contribution >= 0.6 is 0 Å². The lowest BCUT2D eigenvalue weighted by Crippen LogP contribution is -2.13. The number of hydrogen-bond donors (Lipinski definition) is 1. The molecule has 0 saturated carbocycles. The summed E-state index contributed by atoms with van der Waals surface area (Å²) in [6, 6.07) is 6.35. The molecule has 1 aromatic carbocycles. The second kappa shape index (κ2) is 5.36. The molecule has 10 heteroatoms. The molecule has 0 atom stereocenters. The first-order valence-corrected chi connectivity index (χ1v) is 6.89. The van der Waals surface area contributed by atoms with E-state index in [0.717, 1.165) is 10.2 Å². The van der Waals surface area contributed by atoms with Crippen molar-refractivity contribution >= 4 is 16.9 Å². The van der Waals surface area contributed by atoms with Crippen molar-refractivity contribution in [2.24, 2.45) is 0 Å². The fourth-order valence-corrected chi connectivity index (χ4v) is 2.36. The highest BCUT2D eigenvalue weighted by Gasteiger charge is 2.41. The number of nitrogens with zero attached hydrogens (tertiary/aromatic N) is 3.